The third-order valence-electron chi connectivity index (χ3n) is 2.05. The highest BCUT2D eigenvalue weighted by Gasteiger charge is 2.26. The lowest BCUT2D eigenvalue weighted by molar-refractivity contribution is -0.134. The molecule has 1 N–H and O–H groups in total. The molecule has 0 aromatic rings. The molecule has 0 saturated carbocycles. The van der Waals surface area contributed by atoms with Gasteiger partial charge in [0, 0.05) is 6.42 Å². The van der Waals surface area contributed by atoms with E-state index in [2.05, 4.69) is 6.07 Å². The number of aliphatic hydroxyl groups is 1. The molecule has 0 aliphatic heterocycles. The number of rotatable bonds is 5. The fraction of sp³-hybridized carbons (Fsp3) is 0.818. The average Bonchev–Trinajstić information content (AvgIpc) is 2.00. The maximum Gasteiger partial charge on any atom is 0.165 e. The molecular weight excluding hydrogens is 178 g/mol. The standard InChI is InChI=1S/C11H19NO2/c1-8(2)5-9(7-12)6-10(13)11(3,4)14/h8-9,14H,5-6H2,1-4H3/t9-/m0/s1. The average molecular weight is 197 g/mol. The van der Waals surface area contributed by atoms with E-state index in [-0.39, 0.29) is 18.1 Å². The van der Waals surface area contributed by atoms with E-state index >= 15 is 0 Å². The van der Waals surface area contributed by atoms with Gasteiger partial charge in [0.05, 0.1) is 12.0 Å². The SMILES string of the molecule is CC(C)C[C@H](C#N)CC(=O)C(C)(C)O. The van der Waals surface area contributed by atoms with Gasteiger partial charge in [-0.2, -0.15) is 5.26 Å². The zero-order valence-electron chi connectivity index (χ0n) is 9.37. The van der Waals surface area contributed by atoms with Crippen molar-refractivity contribution in [1.82, 2.24) is 0 Å². The lowest BCUT2D eigenvalue weighted by Gasteiger charge is -2.18. The second-order valence-electron chi connectivity index (χ2n) is 4.64. The normalized spacial score (nSPS) is 13.8. The van der Waals surface area contributed by atoms with E-state index in [4.69, 9.17) is 5.26 Å². The number of ketones is 1. The van der Waals surface area contributed by atoms with Gasteiger partial charge < -0.3 is 5.11 Å². The highest BCUT2D eigenvalue weighted by molar-refractivity contribution is 5.86. The molecule has 0 aliphatic rings. The van der Waals surface area contributed by atoms with Gasteiger partial charge in [-0.25, -0.2) is 0 Å². The molecule has 0 spiro atoms. The minimum absolute atomic E-state index is 0.151. The molecule has 0 aromatic carbocycles. The molecule has 0 bridgehead atoms. The number of hydrogen-bond donors (Lipinski definition) is 1. The molecule has 3 nitrogen and oxygen atoms in total. The van der Waals surface area contributed by atoms with Crippen LogP contribution in [0.2, 0.25) is 0 Å². The largest absolute Gasteiger partial charge is 0.383 e. The molecule has 0 fully saturated rings. The maximum atomic E-state index is 11.4. The number of carbonyl (C=O) groups excluding carboxylic acids is 1. The highest BCUT2D eigenvalue weighted by Crippen LogP contribution is 2.18. The van der Waals surface area contributed by atoms with E-state index in [1.807, 2.05) is 13.8 Å². The van der Waals surface area contributed by atoms with Crippen LogP contribution in [-0.2, 0) is 4.79 Å². The summed E-state index contributed by atoms with van der Waals surface area (Å²) in [6.45, 7) is 6.94. The van der Waals surface area contributed by atoms with Gasteiger partial charge in [-0.1, -0.05) is 13.8 Å². The zero-order chi connectivity index (χ0) is 11.4. The molecule has 14 heavy (non-hydrogen) atoms. The van der Waals surface area contributed by atoms with E-state index < -0.39 is 5.60 Å². The predicted octanol–water partition coefficient (Wildman–Crippen LogP) is 1.90. The molecule has 0 radical (unpaired) electrons. The first-order chi connectivity index (χ1) is 6.27. The van der Waals surface area contributed by atoms with E-state index in [0.29, 0.717) is 12.3 Å². The Morgan fingerprint density at radius 1 is 1.50 bits per heavy atom. The van der Waals surface area contributed by atoms with Gasteiger partial charge in [-0.05, 0) is 26.2 Å². The molecule has 1 atom stereocenters. The van der Waals surface area contributed by atoms with E-state index in [1.54, 1.807) is 0 Å². The summed E-state index contributed by atoms with van der Waals surface area (Å²) >= 11 is 0. The van der Waals surface area contributed by atoms with Crippen molar-refractivity contribution in [1.29, 1.82) is 5.26 Å². The number of nitriles is 1. The lowest BCUT2D eigenvalue weighted by atomic mass is 9.89. The Morgan fingerprint density at radius 2 is 2.00 bits per heavy atom. The van der Waals surface area contributed by atoms with Crippen LogP contribution in [0.25, 0.3) is 0 Å². The van der Waals surface area contributed by atoms with Crippen LogP contribution in [0.15, 0.2) is 0 Å². The van der Waals surface area contributed by atoms with Crippen LogP contribution in [0.3, 0.4) is 0 Å². The first-order valence-corrected chi connectivity index (χ1v) is 4.92. The van der Waals surface area contributed by atoms with Gasteiger partial charge in [0.1, 0.15) is 5.60 Å². The van der Waals surface area contributed by atoms with Crippen LogP contribution in [0.1, 0.15) is 40.5 Å². The molecule has 3 heteroatoms. The Morgan fingerprint density at radius 3 is 2.29 bits per heavy atom. The molecule has 0 amide bonds. The Kier molecular flexibility index (Phi) is 4.79. The molecule has 0 heterocycles. The molecule has 0 unspecified atom stereocenters. The van der Waals surface area contributed by atoms with Gasteiger partial charge in [0.25, 0.3) is 0 Å². The molecule has 0 aliphatic carbocycles. The fourth-order valence-electron chi connectivity index (χ4n) is 1.22. The van der Waals surface area contributed by atoms with Gasteiger partial charge in [-0.3, -0.25) is 4.79 Å². The predicted molar refractivity (Wildman–Crippen MR) is 54.5 cm³/mol. The lowest BCUT2D eigenvalue weighted by Crippen LogP contribution is -2.32. The number of Topliss-reactive ketones (excluding diaryl/α,β-unsaturated/α-hetero) is 1. The summed E-state index contributed by atoms with van der Waals surface area (Å²) in [6.07, 6.45) is 0.858. The van der Waals surface area contributed by atoms with E-state index in [9.17, 15) is 9.90 Å². The molecular formula is C11H19NO2. The second kappa shape index (κ2) is 5.11. The Bertz CT molecular complexity index is 233. The summed E-state index contributed by atoms with van der Waals surface area (Å²) in [6, 6.07) is 2.10. The van der Waals surface area contributed by atoms with Gasteiger partial charge >= 0.3 is 0 Å². The van der Waals surface area contributed by atoms with Crippen molar-refractivity contribution in [2.45, 2.75) is 46.1 Å². The van der Waals surface area contributed by atoms with Gasteiger partial charge in [0.2, 0.25) is 0 Å². The third-order valence-corrected chi connectivity index (χ3v) is 2.05. The van der Waals surface area contributed by atoms with Crippen molar-refractivity contribution in [2.75, 3.05) is 0 Å². The van der Waals surface area contributed by atoms with Crippen LogP contribution < -0.4 is 0 Å². The summed E-state index contributed by atoms with van der Waals surface area (Å²) in [5.41, 5.74) is -1.31. The summed E-state index contributed by atoms with van der Waals surface area (Å²) in [4.78, 5) is 11.4. The summed E-state index contributed by atoms with van der Waals surface area (Å²) in [5.74, 6) is -0.132. The molecule has 0 rings (SSSR count). The number of carbonyl (C=O) groups is 1. The van der Waals surface area contributed by atoms with Crippen molar-refractivity contribution in [3.63, 3.8) is 0 Å². The minimum atomic E-state index is -1.31. The van der Waals surface area contributed by atoms with Crippen LogP contribution in [0.5, 0.6) is 0 Å². The Hall–Kier alpha value is -0.880. The van der Waals surface area contributed by atoms with Crippen LogP contribution in [0.4, 0.5) is 0 Å². The molecule has 80 valence electrons. The first-order valence-electron chi connectivity index (χ1n) is 4.92. The van der Waals surface area contributed by atoms with Crippen LogP contribution in [0, 0.1) is 23.2 Å². The second-order valence-corrected chi connectivity index (χ2v) is 4.64. The summed E-state index contributed by atoms with van der Waals surface area (Å²) in [5, 5.41) is 18.2. The van der Waals surface area contributed by atoms with Gasteiger partial charge in [-0.15, -0.1) is 0 Å². The topological polar surface area (TPSA) is 61.1 Å². The first kappa shape index (κ1) is 13.1. The monoisotopic (exact) mass is 197 g/mol. The Labute approximate surface area is 85.7 Å². The molecule has 0 saturated heterocycles. The fourth-order valence-corrected chi connectivity index (χ4v) is 1.22. The number of hydrogen-bond acceptors (Lipinski definition) is 3. The number of nitrogens with zero attached hydrogens (tertiary/aromatic N) is 1. The minimum Gasteiger partial charge on any atom is -0.383 e. The maximum absolute atomic E-state index is 11.4. The van der Waals surface area contributed by atoms with Crippen molar-refractivity contribution in [3.8, 4) is 6.07 Å². The van der Waals surface area contributed by atoms with Crippen LogP contribution >= 0.6 is 0 Å². The zero-order valence-corrected chi connectivity index (χ0v) is 9.37. The summed E-state index contributed by atoms with van der Waals surface area (Å²) in [7, 11) is 0. The van der Waals surface area contributed by atoms with Crippen molar-refractivity contribution in [3.05, 3.63) is 0 Å². The quantitative estimate of drug-likeness (QED) is 0.732. The van der Waals surface area contributed by atoms with Crippen molar-refractivity contribution >= 4 is 5.78 Å². The van der Waals surface area contributed by atoms with E-state index in [0.717, 1.165) is 0 Å². The Balaban J connectivity index is 4.22. The molecule has 0 aromatic heterocycles. The highest BCUT2D eigenvalue weighted by atomic mass is 16.3. The third kappa shape index (κ3) is 4.98. The smallest absolute Gasteiger partial charge is 0.165 e. The van der Waals surface area contributed by atoms with Crippen molar-refractivity contribution < 1.29 is 9.90 Å². The van der Waals surface area contributed by atoms with Crippen LogP contribution in [-0.4, -0.2) is 16.5 Å². The van der Waals surface area contributed by atoms with Gasteiger partial charge in [0.15, 0.2) is 5.78 Å². The van der Waals surface area contributed by atoms with Crippen molar-refractivity contribution in [2.24, 2.45) is 11.8 Å². The van der Waals surface area contributed by atoms with E-state index in [1.165, 1.54) is 13.8 Å². The summed E-state index contributed by atoms with van der Waals surface area (Å²) < 4.78 is 0.